The van der Waals surface area contributed by atoms with E-state index in [2.05, 4.69) is 13.0 Å². The monoisotopic (exact) mass is 180 g/mol. The normalized spacial score (nSPS) is 18.2. The molecule has 13 heavy (non-hydrogen) atoms. The molecule has 0 atom stereocenters. The molecule has 0 aromatic carbocycles. The fourth-order valence-electron chi connectivity index (χ4n) is 1.79. The van der Waals surface area contributed by atoms with Gasteiger partial charge in [-0.25, -0.2) is 0 Å². The quantitative estimate of drug-likeness (QED) is 0.604. The molecule has 74 valence electrons. The van der Waals surface area contributed by atoms with Crippen molar-refractivity contribution in [3.8, 4) is 0 Å². The number of rotatable bonds is 4. The molecule has 1 aliphatic carbocycles. The van der Waals surface area contributed by atoms with Gasteiger partial charge >= 0.3 is 0 Å². The van der Waals surface area contributed by atoms with Crippen molar-refractivity contribution in [3.63, 3.8) is 0 Å². The van der Waals surface area contributed by atoms with Crippen LogP contribution in [0, 0.1) is 0 Å². The molecule has 0 heterocycles. The van der Waals surface area contributed by atoms with Gasteiger partial charge in [-0.1, -0.05) is 25.8 Å². The van der Waals surface area contributed by atoms with Gasteiger partial charge in [0, 0.05) is 6.42 Å². The SMILES string of the molecule is CCCCCC1=CCCCCC1=O. The summed E-state index contributed by atoms with van der Waals surface area (Å²) in [7, 11) is 0. The topological polar surface area (TPSA) is 17.1 Å². The molecular formula is C12H20O. The van der Waals surface area contributed by atoms with Crippen molar-refractivity contribution in [1.82, 2.24) is 0 Å². The Bertz CT molecular complexity index is 191. The zero-order chi connectivity index (χ0) is 9.52. The molecule has 0 aromatic rings. The van der Waals surface area contributed by atoms with Gasteiger partial charge in [0.25, 0.3) is 0 Å². The minimum Gasteiger partial charge on any atom is -0.295 e. The van der Waals surface area contributed by atoms with Gasteiger partial charge in [0.1, 0.15) is 0 Å². The van der Waals surface area contributed by atoms with Crippen molar-refractivity contribution < 1.29 is 4.79 Å². The highest BCUT2D eigenvalue weighted by Gasteiger charge is 2.11. The number of carbonyl (C=O) groups excluding carboxylic acids is 1. The summed E-state index contributed by atoms with van der Waals surface area (Å²) in [5.41, 5.74) is 1.12. The summed E-state index contributed by atoms with van der Waals surface area (Å²) in [6.07, 6.45) is 11.1. The van der Waals surface area contributed by atoms with Crippen LogP contribution in [0.3, 0.4) is 0 Å². The first-order valence-electron chi connectivity index (χ1n) is 5.57. The average Bonchev–Trinajstić information content (AvgIpc) is 2.32. The molecular weight excluding hydrogens is 160 g/mol. The molecule has 0 saturated heterocycles. The van der Waals surface area contributed by atoms with Crippen molar-refractivity contribution >= 4 is 5.78 Å². The van der Waals surface area contributed by atoms with Gasteiger partial charge in [-0.2, -0.15) is 0 Å². The number of hydrogen-bond acceptors (Lipinski definition) is 1. The van der Waals surface area contributed by atoms with E-state index in [0.717, 1.165) is 31.3 Å². The van der Waals surface area contributed by atoms with Crippen LogP contribution < -0.4 is 0 Å². The van der Waals surface area contributed by atoms with Gasteiger partial charge in [0.05, 0.1) is 0 Å². The van der Waals surface area contributed by atoms with Crippen LogP contribution in [0.25, 0.3) is 0 Å². The number of Topliss-reactive ketones (excluding diaryl/α,β-unsaturated/α-hetero) is 1. The molecule has 0 aliphatic heterocycles. The number of hydrogen-bond donors (Lipinski definition) is 0. The van der Waals surface area contributed by atoms with E-state index >= 15 is 0 Å². The van der Waals surface area contributed by atoms with Crippen LogP contribution in [0.4, 0.5) is 0 Å². The van der Waals surface area contributed by atoms with E-state index in [9.17, 15) is 4.79 Å². The highest BCUT2D eigenvalue weighted by molar-refractivity contribution is 5.95. The zero-order valence-electron chi connectivity index (χ0n) is 8.64. The fourth-order valence-corrected chi connectivity index (χ4v) is 1.79. The zero-order valence-corrected chi connectivity index (χ0v) is 8.64. The Morgan fingerprint density at radius 2 is 2.15 bits per heavy atom. The van der Waals surface area contributed by atoms with E-state index < -0.39 is 0 Å². The molecule has 0 bridgehead atoms. The molecule has 0 N–H and O–H groups in total. The summed E-state index contributed by atoms with van der Waals surface area (Å²) in [5, 5.41) is 0. The summed E-state index contributed by atoms with van der Waals surface area (Å²) in [6, 6.07) is 0. The van der Waals surface area contributed by atoms with Crippen LogP contribution in [-0.4, -0.2) is 5.78 Å². The van der Waals surface area contributed by atoms with Crippen molar-refractivity contribution in [2.24, 2.45) is 0 Å². The molecule has 1 rings (SSSR count). The summed E-state index contributed by atoms with van der Waals surface area (Å²) in [5.74, 6) is 0.411. The largest absolute Gasteiger partial charge is 0.295 e. The van der Waals surface area contributed by atoms with Crippen molar-refractivity contribution in [2.75, 3.05) is 0 Å². The molecule has 0 aromatic heterocycles. The average molecular weight is 180 g/mol. The molecule has 0 saturated carbocycles. The van der Waals surface area contributed by atoms with E-state index in [1.807, 2.05) is 0 Å². The lowest BCUT2D eigenvalue weighted by Crippen LogP contribution is -2.00. The molecule has 0 fully saturated rings. The molecule has 0 unspecified atom stereocenters. The van der Waals surface area contributed by atoms with E-state index in [4.69, 9.17) is 0 Å². The molecule has 0 radical (unpaired) electrons. The van der Waals surface area contributed by atoms with Gasteiger partial charge in [-0.15, -0.1) is 0 Å². The third-order valence-electron chi connectivity index (χ3n) is 2.66. The van der Waals surface area contributed by atoms with Gasteiger partial charge < -0.3 is 0 Å². The Morgan fingerprint density at radius 3 is 2.92 bits per heavy atom. The number of unbranched alkanes of at least 4 members (excludes halogenated alkanes) is 2. The van der Waals surface area contributed by atoms with Gasteiger partial charge in [-0.3, -0.25) is 4.79 Å². The number of allylic oxidation sites excluding steroid dienone is 2. The first-order chi connectivity index (χ1) is 6.34. The lowest BCUT2D eigenvalue weighted by atomic mass is 10.0. The van der Waals surface area contributed by atoms with Crippen molar-refractivity contribution in [3.05, 3.63) is 11.6 Å². The summed E-state index contributed by atoms with van der Waals surface area (Å²) < 4.78 is 0. The van der Waals surface area contributed by atoms with Crippen molar-refractivity contribution in [1.29, 1.82) is 0 Å². The predicted octanol–water partition coefficient (Wildman–Crippen LogP) is 3.64. The second-order valence-corrected chi connectivity index (χ2v) is 3.86. The second kappa shape index (κ2) is 5.95. The number of ketones is 1. The Hall–Kier alpha value is -0.590. The van der Waals surface area contributed by atoms with Crippen LogP contribution >= 0.6 is 0 Å². The second-order valence-electron chi connectivity index (χ2n) is 3.86. The van der Waals surface area contributed by atoms with Crippen LogP contribution in [-0.2, 0) is 4.79 Å². The van der Waals surface area contributed by atoms with E-state index in [0.29, 0.717) is 5.78 Å². The minimum absolute atomic E-state index is 0.411. The summed E-state index contributed by atoms with van der Waals surface area (Å²) >= 11 is 0. The molecule has 0 spiro atoms. The Balaban J connectivity index is 2.35. The standard InChI is InChI=1S/C12H20O/c1-2-3-5-8-11-9-6-4-7-10-12(11)13/h9H,2-8,10H2,1H3. The maximum absolute atomic E-state index is 11.5. The first-order valence-corrected chi connectivity index (χ1v) is 5.57. The summed E-state index contributed by atoms with van der Waals surface area (Å²) in [4.78, 5) is 11.5. The first kappa shape index (κ1) is 10.5. The van der Waals surface area contributed by atoms with Gasteiger partial charge in [-0.05, 0) is 37.7 Å². The van der Waals surface area contributed by atoms with Crippen molar-refractivity contribution in [2.45, 2.75) is 58.3 Å². The predicted molar refractivity (Wildman–Crippen MR) is 55.7 cm³/mol. The van der Waals surface area contributed by atoms with Crippen LogP contribution in [0.2, 0.25) is 0 Å². The van der Waals surface area contributed by atoms with Crippen LogP contribution in [0.5, 0.6) is 0 Å². The van der Waals surface area contributed by atoms with E-state index in [-0.39, 0.29) is 0 Å². The maximum Gasteiger partial charge on any atom is 0.158 e. The van der Waals surface area contributed by atoms with Crippen LogP contribution in [0.1, 0.15) is 58.3 Å². The summed E-state index contributed by atoms with van der Waals surface area (Å²) in [6.45, 7) is 2.20. The Labute approximate surface area is 81.2 Å². The van der Waals surface area contributed by atoms with E-state index in [1.165, 1.54) is 25.7 Å². The lowest BCUT2D eigenvalue weighted by Gasteiger charge is -2.02. The smallest absolute Gasteiger partial charge is 0.158 e. The highest BCUT2D eigenvalue weighted by atomic mass is 16.1. The van der Waals surface area contributed by atoms with Gasteiger partial charge in [0.15, 0.2) is 5.78 Å². The Kier molecular flexibility index (Phi) is 4.81. The third kappa shape index (κ3) is 3.75. The Morgan fingerprint density at radius 1 is 1.31 bits per heavy atom. The third-order valence-corrected chi connectivity index (χ3v) is 2.66. The highest BCUT2D eigenvalue weighted by Crippen LogP contribution is 2.18. The fraction of sp³-hybridized carbons (Fsp3) is 0.750. The number of carbonyl (C=O) groups is 1. The van der Waals surface area contributed by atoms with Crippen LogP contribution in [0.15, 0.2) is 11.6 Å². The molecule has 0 amide bonds. The minimum atomic E-state index is 0.411. The van der Waals surface area contributed by atoms with E-state index in [1.54, 1.807) is 0 Å². The lowest BCUT2D eigenvalue weighted by molar-refractivity contribution is -0.115. The molecule has 1 heteroatoms. The molecule has 1 nitrogen and oxygen atoms in total. The maximum atomic E-state index is 11.5. The molecule has 1 aliphatic rings. The van der Waals surface area contributed by atoms with Gasteiger partial charge in [0.2, 0.25) is 0 Å².